The van der Waals surface area contributed by atoms with Crippen molar-refractivity contribution in [2.75, 3.05) is 19.6 Å². The summed E-state index contributed by atoms with van der Waals surface area (Å²) in [5, 5.41) is 3.34. The fourth-order valence-electron chi connectivity index (χ4n) is 3.87. The smallest absolute Gasteiger partial charge is 0.220 e. The number of likely N-dealkylation sites (tertiary alicyclic amines) is 1. The van der Waals surface area contributed by atoms with E-state index >= 15 is 0 Å². The summed E-state index contributed by atoms with van der Waals surface area (Å²) >= 11 is 1.34. The van der Waals surface area contributed by atoms with Crippen LogP contribution in [0.1, 0.15) is 48.8 Å². The fourth-order valence-corrected chi connectivity index (χ4v) is 4.83. The number of benzene rings is 1. The zero-order valence-electron chi connectivity index (χ0n) is 18.3. The van der Waals surface area contributed by atoms with Crippen LogP contribution in [0.5, 0.6) is 0 Å². The number of para-hydroxylation sites is 1. The van der Waals surface area contributed by atoms with Crippen LogP contribution in [0.25, 0.3) is 10.2 Å². The topological polar surface area (TPSA) is 130 Å². The number of piperidine rings is 1. The molecular formula is C22H30N6O3S. The highest BCUT2D eigenvalue weighted by atomic mass is 32.1. The predicted octanol–water partition coefficient (Wildman–Crippen LogP) is 1.88. The molecule has 0 saturated carbocycles. The Morgan fingerprint density at radius 2 is 2.06 bits per heavy atom. The van der Waals surface area contributed by atoms with Crippen LogP contribution in [0.3, 0.4) is 0 Å². The molecule has 2 aromatic rings. The highest BCUT2D eigenvalue weighted by Gasteiger charge is 2.27. The Morgan fingerprint density at radius 1 is 1.31 bits per heavy atom. The van der Waals surface area contributed by atoms with Crippen LogP contribution < -0.4 is 16.6 Å². The third-order valence-electron chi connectivity index (χ3n) is 5.64. The Morgan fingerprint density at radius 3 is 2.75 bits per heavy atom. The first-order chi connectivity index (χ1) is 15.5. The molecule has 0 aliphatic carbocycles. The van der Waals surface area contributed by atoms with E-state index in [-0.39, 0.29) is 23.5 Å². The second-order valence-electron chi connectivity index (χ2n) is 7.97. The van der Waals surface area contributed by atoms with Gasteiger partial charge in [0.05, 0.1) is 22.6 Å². The van der Waals surface area contributed by atoms with Gasteiger partial charge in [-0.05, 0) is 43.7 Å². The lowest BCUT2D eigenvalue weighted by Gasteiger charge is -2.31. The molecule has 1 aromatic heterocycles. The Bertz CT molecular complexity index is 934. The van der Waals surface area contributed by atoms with Crippen molar-refractivity contribution in [2.45, 2.75) is 45.1 Å². The number of rotatable bonds is 10. The second-order valence-corrected chi connectivity index (χ2v) is 9.00. The summed E-state index contributed by atoms with van der Waals surface area (Å²) in [6, 6.07) is 6.95. The van der Waals surface area contributed by atoms with Crippen molar-refractivity contribution in [1.29, 1.82) is 0 Å². The minimum atomic E-state index is -0.651. The van der Waals surface area contributed by atoms with Gasteiger partial charge in [-0.25, -0.2) is 10.8 Å². The van der Waals surface area contributed by atoms with E-state index in [1.54, 1.807) is 6.92 Å². The van der Waals surface area contributed by atoms with Crippen LogP contribution in [-0.2, 0) is 9.59 Å². The van der Waals surface area contributed by atoms with E-state index in [0.717, 1.165) is 23.1 Å². The number of thiazole rings is 1. The van der Waals surface area contributed by atoms with E-state index in [2.05, 4.69) is 20.7 Å². The lowest BCUT2D eigenvalue weighted by molar-refractivity contribution is -0.130. The predicted molar refractivity (Wildman–Crippen MR) is 125 cm³/mol. The summed E-state index contributed by atoms with van der Waals surface area (Å²) in [5.74, 6) is 5.14. The summed E-state index contributed by atoms with van der Waals surface area (Å²) in [6.45, 7) is 3.41. The molecule has 1 aromatic carbocycles. The maximum Gasteiger partial charge on any atom is 0.220 e. The minimum Gasteiger partial charge on any atom is -0.346 e. The number of aromatic nitrogens is 1. The molecule has 1 aliphatic heterocycles. The largest absolute Gasteiger partial charge is 0.346 e. The normalized spacial score (nSPS) is 15.8. The number of nitrogens with zero attached hydrogens (tertiary/aromatic N) is 3. The maximum absolute atomic E-state index is 13.2. The van der Waals surface area contributed by atoms with E-state index in [1.165, 1.54) is 17.7 Å². The number of ketones is 1. The highest BCUT2D eigenvalue weighted by Crippen LogP contribution is 2.24. The van der Waals surface area contributed by atoms with Crippen LogP contribution in [0.15, 0.2) is 29.3 Å². The third kappa shape index (κ3) is 6.57. The summed E-state index contributed by atoms with van der Waals surface area (Å²) in [4.78, 5) is 47.8. The quantitative estimate of drug-likeness (QED) is 0.124. The first kappa shape index (κ1) is 23.8. The average Bonchev–Trinajstić information content (AvgIpc) is 3.22. The van der Waals surface area contributed by atoms with Gasteiger partial charge < -0.3 is 15.6 Å². The molecule has 172 valence electrons. The van der Waals surface area contributed by atoms with Crippen molar-refractivity contribution >= 4 is 45.5 Å². The number of hydrogen-bond donors (Lipinski definition) is 3. The van der Waals surface area contributed by atoms with Crippen molar-refractivity contribution in [3.8, 4) is 0 Å². The monoisotopic (exact) mass is 458 g/mol. The molecule has 1 aliphatic rings. The van der Waals surface area contributed by atoms with Crippen LogP contribution in [0.2, 0.25) is 0 Å². The summed E-state index contributed by atoms with van der Waals surface area (Å²) in [6.07, 6.45) is 4.43. The molecule has 3 rings (SSSR count). The number of fused-ring (bicyclic) bond motifs is 1. The molecule has 4 N–H and O–H groups in total. The van der Waals surface area contributed by atoms with Gasteiger partial charge in [-0.3, -0.25) is 19.4 Å². The van der Waals surface area contributed by atoms with Gasteiger partial charge in [-0.2, -0.15) is 0 Å². The minimum absolute atomic E-state index is 0.0712. The molecule has 1 fully saturated rings. The zero-order chi connectivity index (χ0) is 22.9. The number of amides is 2. The number of carbonyl (C=O) groups is 3. The number of hydrazine groups is 1. The average molecular weight is 459 g/mol. The third-order valence-corrected chi connectivity index (χ3v) is 6.69. The number of nitrogens with two attached hydrogens (primary N) is 1. The molecular weight excluding hydrogens is 428 g/mol. The molecule has 0 spiro atoms. The zero-order valence-corrected chi connectivity index (χ0v) is 19.1. The fraction of sp³-hybridized carbons (Fsp3) is 0.500. The van der Waals surface area contributed by atoms with E-state index in [1.807, 2.05) is 29.2 Å². The SMILES string of the molecule is CC(=O)N1CCC(CC(=O)NC(CCCN=CNN)C(=O)c2nc3ccccc3s2)CC1. The first-order valence-electron chi connectivity index (χ1n) is 10.9. The van der Waals surface area contributed by atoms with Gasteiger partial charge in [-0.1, -0.05) is 12.1 Å². The van der Waals surface area contributed by atoms with Crippen molar-refractivity contribution in [3.63, 3.8) is 0 Å². The molecule has 2 heterocycles. The standard InChI is InChI=1S/C22H30N6O3S/c1-15(29)28-11-8-16(9-12-28)13-20(30)26-18(6-4-10-24-14-25-23)21(31)22-27-17-5-2-3-7-19(17)32-22/h2-3,5,7,14,16,18H,4,6,8-13,23H2,1H3,(H,24,25)(H,26,30). The van der Waals surface area contributed by atoms with Crippen LogP contribution in [-0.4, -0.2) is 59.5 Å². The van der Waals surface area contributed by atoms with E-state index in [9.17, 15) is 14.4 Å². The number of nitrogens with one attached hydrogen (secondary N) is 2. The molecule has 10 heteroatoms. The maximum atomic E-state index is 13.2. The number of Topliss-reactive ketones (excluding diaryl/α,β-unsaturated/α-hetero) is 1. The Hall–Kier alpha value is -2.85. The lowest BCUT2D eigenvalue weighted by Crippen LogP contribution is -2.43. The number of hydrogen-bond acceptors (Lipinski definition) is 7. The van der Waals surface area contributed by atoms with Crippen LogP contribution in [0.4, 0.5) is 0 Å². The molecule has 0 bridgehead atoms. The number of carbonyl (C=O) groups excluding carboxylic acids is 3. The van der Waals surface area contributed by atoms with E-state index < -0.39 is 6.04 Å². The van der Waals surface area contributed by atoms with Gasteiger partial charge in [0.15, 0.2) is 5.01 Å². The van der Waals surface area contributed by atoms with Crippen molar-refractivity contribution < 1.29 is 14.4 Å². The second kappa shape index (κ2) is 11.7. The van der Waals surface area contributed by atoms with Gasteiger partial charge in [0.1, 0.15) is 0 Å². The Balaban J connectivity index is 1.62. The number of aliphatic imine (C=N–C) groups is 1. The Labute approximate surface area is 191 Å². The van der Waals surface area contributed by atoms with E-state index in [4.69, 9.17) is 5.84 Å². The molecule has 1 saturated heterocycles. The van der Waals surface area contributed by atoms with Crippen LogP contribution >= 0.6 is 11.3 Å². The molecule has 32 heavy (non-hydrogen) atoms. The van der Waals surface area contributed by atoms with Crippen LogP contribution in [0, 0.1) is 5.92 Å². The van der Waals surface area contributed by atoms with Crippen molar-refractivity contribution in [3.05, 3.63) is 29.3 Å². The van der Waals surface area contributed by atoms with E-state index in [0.29, 0.717) is 43.9 Å². The first-order valence-corrected chi connectivity index (χ1v) is 11.7. The summed E-state index contributed by atoms with van der Waals surface area (Å²) in [5.41, 5.74) is 3.13. The molecule has 1 unspecified atom stereocenters. The Kier molecular flexibility index (Phi) is 8.69. The molecule has 2 amide bonds. The van der Waals surface area contributed by atoms with Crippen molar-refractivity contribution in [2.24, 2.45) is 16.8 Å². The van der Waals surface area contributed by atoms with Gasteiger partial charge in [-0.15, -0.1) is 11.3 Å². The molecule has 0 radical (unpaired) electrons. The van der Waals surface area contributed by atoms with Crippen molar-refractivity contribution in [1.82, 2.24) is 20.6 Å². The molecule has 9 nitrogen and oxygen atoms in total. The van der Waals surface area contributed by atoms with Gasteiger partial charge in [0, 0.05) is 33.0 Å². The van der Waals surface area contributed by atoms with Gasteiger partial charge in [0.2, 0.25) is 17.6 Å². The molecule has 1 atom stereocenters. The van der Waals surface area contributed by atoms with Gasteiger partial charge in [0.25, 0.3) is 0 Å². The summed E-state index contributed by atoms with van der Waals surface area (Å²) < 4.78 is 0.941. The van der Waals surface area contributed by atoms with Gasteiger partial charge >= 0.3 is 0 Å². The summed E-state index contributed by atoms with van der Waals surface area (Å²) in [7, 11) is 0. The lowest BCUT2D eigenvalue weighted by atomic mass is 9.93. The highest BCUT2D eigenvalue weighted by molar-refractivity contribution is 7.20.